The summed E-state index contributed by atoms with van der Waals surface area (Å²) in [5.41, 5.74) is 5.57. The van der Waals surface area contributed by atoms with Gasteiger partial charge in [-0.2, -0.15) is 0 Å². The van der Waals surface area contributed by atoms with E-state index in [1.165, 1.54) is 4.90 Å². The first-order valence-corrected chi connectivity index (χ1v) is 5.18. The van der Waals surface area contributed by atoms with Gasteiger partial charge >= 0.3 is 0 Å². The molecule has 0 fully saturated rings. The van der Waals surface area contributed by atoms with Gasteiger partial charge in [0.05, 0.1) is 12.6 Å². The number of hydrogen-bond acceptors (Lipinski definition) is 3. The maximum absolute atomic E-state index is 11.5. The number of rotatable bonds is 5. The van der Waals surface area contributed by atoms with Crippen molar-refractivity contribution < 1.29 is 9.59 Å². The van der Waals surface area contributed by atoms with Crippen LogP contribution in [0, 0.1) is 0 Å². The minimum absolute atomic E-state index is 0.0602. The van der Waals surface area contributed by atoms with E-state index in [-0.39, 0.29) is 24.4 Å². The summed E-state index contributed by atoms with van der Waals surface area (Å²) in [6.45, 7) is 5.64. The first kappa shape index (κ1) is 13.9. The van der Waals surface area contributed by atoms with E-state index < -0.39 is 6.04 Å². The van der Waals surface area contributed by atoms with Crippen LogP contribution in [0.1, 0.15) is 27.2 Å². The van der Waals surface area contributed by atoms with Crippen molar-refractivity contribution >= 4 is 11.8 Å². The van der Waals surface area contributed by atoms with Crippen molar-refractivity contribution in [1.82, 2.24) is 10.2 Å². The average Bonchev–Trinajstić information content (AvgIpc) is 2.13. The highest BCUT2D eigenvalue weighted by molar-refractivity contribution is 5.87. The summed E-state index contributed by atoms with van der Waals surface area (Å²) >= 11 is 0. The maximum Gasteiger partial charge on any atom is 0.239 e. The van der Waals surface area contributed by atoms with Crippen molar-refractivity contribution in [2.75, 3.05) is 13.6 Å². The van der Waals surface area contributed by atoms with E-state index in [0.717, 1.165) is 0 Å². The predicted molar refractivity (Wildman–Crippen MR) is 59.2 cm³/mol. The fraction of sp³-hybridized carbons (Fsp3) is 0.800. The molecule has 3 N–H and O–H groups in total. The molecule has 88 valence electrons. The molecule has 0 aromatic carbocycles. The molecule has 0 aromatic heterocycles. The van der Waals surface area contributed by atoms with Gasteiger partial charge in [0.25, 0.3) is 0 Å². The normalized spacial score (nSPS) is 12.4. The van der Waals surface area contributed by atoms with E-state index in [4.69, 9.17) is 5.73 Å². The highest BCUT2D eigenvalue weighted by Gasteiger charge is 2.18. The number of carbonyl (C=O) groups excluding carboxylic acids is 2. The third-order valence-electron chi connectivity index (χ3n) is 1.96. The van der Waals surface area contributed by atoms with Crippen LogP contribution < -0.4 is 11.1 Å². The summed E-state index contributed by atoms with van der Waals surface area (Å²) < 4.78 is 0. The third-order valence-corrected chi connectivity index (χ3v) is 1.96. The van der Waals surface area contributed by atoms with Crippen molar-refractivity contribution in [2.24, 2.45) is 5.73 Å². The van der Waals surface area contributed by atoms with Crippen LogP contribution in [0.15, 0.2) is 0 Å². The van der Waals surface area contributed by atoms with E-state index in [2.05, 4.69) is 5.32 Å². The Morgan fingerprint density at radius 3 is 2.33 bits per heavy atom. The largest absolute Gasteiger partial charge is 0.352 e. The molecule has 0 aromatic rings. The van der Waals surface area contributed by atoms with Gasteiger partial charge in [-0.15, -0.1) is 0 Å². The highest BCUT2D eigenvalue weighted by Crippen LogP contribution is 1.94. The smallest absolute Gasteiger partial charge is 0.239 e. The Morgan fingerprint density at radius 1 is 1.40 bits per heavy atom. The third kappa shape index (κ3) is 5.37. The van der Waals surface area contributed by atoms with Gasteiger partial charge < -0.3 is 16.0 Å². The highest BCUT2D eigenvalue weighted by atomic mass is 16.2. The van der Waals surface area contributed by atoms with Gasteiger partial charge in [-0.25, -0.2) is 0 Å². The second kappa shape index (κ2) is 6.40. The number of likely N-dealkylation sites (N-methyl/N-ethyl adjacent to an activating group) is 1. The summed E-state index contributed by atoms with van der Waals surface area (Å²) in [5.74, 6) is -0.361. The fourth-order valence-electron chi connectivity index (χ4n) is 1.12. The number of nitrogens with one attached hydrogen (secondary N) is 1. The van der Waals surface area contributed by atoms with Crippen LogP contribution in [0.2, 0.25) is 0 Å². The first-order chi connectivity index (χ1) is 6.88. The fourth-order valence-corrected chi connectivity index (χ4v) is 1.12. The Kier molecular flexibility index (Phi) is 5.93. The molecule has 1 atom stereocenters. The number of nitrogens with two attached hydrogens (primary N) is 1. The van der Waals surface area contributed by atoms with Crippen LogP contribution in [0.4, 0.5) is 0 Å². The summed E-state index contributed by atoms with van der Waals surface area (Å²) in [6, 6.07) is -0.428. The molecular weight excluding hydrogens is 194 g/mol. The summed E-state index contributed by atoms with van der Waals surface area (Å²) in [5, 5.41) is 2.71. The van der Waals surface area contributed by atoms with E-state index in [9.17, 15) is 9.59 Å². The van der Waals surface area contributed by atoms with E-state index >= 15 is 0 Å². The van der Waals surface area contributed by atoms with Crippen molar-refractivity contribution in [3.63, 3.8) is 0 Å². The Labute approximate surface area is 91.0 Å². The van der Waals surface area contributed by atoms with Gasteiger partial charge in [0, 0.05) is 13.1 Å². The minimum atomic E-state index is -0.512. The number of amides is 2. The van der Waals surface area contributed by atoms with E-state index in [0.29, 0.717) is 6.42 Å². The molecule has 0 aliphatic rings. The molecule has 5 heteroatoms. The van der Waals surface area contributed by atoms with Crippen LogP contribution in [-0.4, -0.2) is 42.4 Å². The number of carbonyl (C=O) groups is 2. The lowest BCUT2D eigenvalue weighted by Crippen LogP contribution is -2.46. The number of hydrogen-bond donors (Lipinski definition) is 2. The van der Waals surface area contributed by atoms with Crippen LogP contribution in [0.25, 0.3) is 0 Å². The molecule has 15 heavy (non-hydrogen) atoms. The lowest BCUT2D eigenvalue weighted by atomic mass is 10.2. The van der Waals surface area contributed by atoms with Gasteiger partial charge in [-0.3, -0.25) is 9.59 Å². The predicted octanol–water partition coefficient (Wildman–Crippen LogP) is -0.293. The Morgan fingerprint density at radius 2 is 1.93 bits per heavy atom. The molecule has 0 bridgehead atoms. The molecule has 0 aliphatic heterocycles. The topological polar surface area (TPSA) is 75.4 Å². The zero-order valence-electron chi connectivity index (χ0n) is 9.91. The second-order valence-electron chi connectivity index (χ2n) is 3.93. The zero-order valence-corrected chi connectivity index (χ0v) is 9.91. The molecule has 0 saturated carbocycles. The van der Waals surface area contributed by atoms with E-state index in [1.807, 2.05) is 20.8 Å². The molecule has 5 nitrogen and oxygen atoms in total. The number of nitrogens with zero attached hydrogens (tertiary/aromatic N) is 1. The average molecular weight is 215 g/mol. The van der Waals surface area contributed by atoms with Crippen LogP contribution >= 0.6 is 0 Å². The Balaban J connectivity index is 4.07. The molecule has 1 unspecified atom stereocenters. The molecule has 0 aliphatic carbocycles. The lowest BCUT2D eigenvalue weighted by Gasteiger charge is -2.20. The van der Waals surface area contributed by atoms with Gasteiger partial charge in [0.15, 0.2) is 0 Å². The molecule has 0 radical (unpaired) electrons. The summed E-state index contributed by atoms with van der Waals surface area (Å²) in [7, 11) is 1.58. The Hall–Kier alpha value is -1.10. The van der Waals surface area contributed by atoms with Gasteiger partial charge in [-0.05, 0) is 20.3 Å². The van der Waals surface area contributed by atoms with Crippen molar-refractivity contribution in [3.05, 3.63) is 0 Å². The standard InChI is InChI=1S/C10H21N3O2/c1-5-8(11)10(15)13(4)6-9(14)12-7(2)3/h7-8H,5-6,11H2,1-4H3,(H,12,14). The van der Waals surface area contributed by atoms with Crippen molar-refractivity contribution in [3.8, 4) is 0 Å². The molecule has 0 rings (SSSR count). The van der Waals surface area contributed by atoms with Gasteiger partial charge in [0.1, 0.15) is 0 Å². The van der Waals surface area contributed by atoms with Gasteiger partial charge in [-0.1, -0.05) is 6.92 Å². The molecule has 0 heterocycles. The SMILES string of the molecule is CCC(N)C(=O)N(C)CC(=O)NC(C)C. The maximum atomic E-state index is 11.5. The summed E-state index contributed by atoms with van der Waals surface area (Å²) in [6.07, 6.45) is 0.578. The molecule has 0 spiro atoms. The summed E-state index contributed by atoms with van der Waals surface area (Å²) in [4.78, 5) is 24.2. The molecule has 2 amide bonds. The van der Waals surface area contributed by atoms with Crippen LogP contribution in [0.3, 0.4) is 0 Å². The minimum Gasteiger partial charge on any atom is -0.352 e. The quantitative estimate of drug-likeness (QED) is 0.661. The monoisotopic (exact) mass is 215 g/mol. The first-order valence-electron chi connectivity index (χ1n) is 5.18. The molecular formula is C10H21N3O2. The molecule has 0 saturated heterocycles. The van der Waals surface area contributed by atoms with Crippen LogP contribution in [0.5, 0.6) is 0 Å². The lowest BCUT2D eigenvalue weighted by molar-refractivity contribution is -0.135. The van der Waals surface area contributed by atoms with E-state index in [1.54, 1.807) is 7.05 Å². The second-order valence-corrected chi connectivity index (χ2v) is 3.93. The van der Waals surface area contributed by atoms with Crippen molar-refractivity contribution in [1.29, 1.82) is 0 Å². The van der Waals surface area contributed by atoms with Gasteiger partial charge in [0.2, 0.25) is 11.8 Å². The Bertz CT molecular complexity index is 229. The van der Waals surface area contributed by atoms with Crippen LogP contribution in [-0.2, 0) is 9.59 Å². The zero-order chi connectivity index (χ0) is 12.0. The van der Waals surface area contributed by atoms with Crippen molar-refractivity contribution in [2.45, 2.75) is 39.3 Å².